The van der Waals surface area contributed by atoms with Crippen molar-refractivity contribution in [1.82, 2.24) is 14.9 Å². The average molecular weight is 440 g/mol. The Kier molecular flexibility index (Phi) is 6.90. The molecule has 2 aromatic carbocycles. The largest absolute Gasteiger partial charge is 0.487 e. The van der Waals surface area contributed by atoms with Crippen molar-refractivity contribution in [3.63, 3.8) is 0 Å². The second-order valence-electron chi connectivity index (χ2n) is 8.65. The summed E-state index contributed by atoms with van der Waals surface area (Å²) in [7, 11) is 0. The molecule has 1 aliphatic heterocycles. The molecule has 5 nitrogen and oxygen atoms in total. The summed E-state index contributed by atoms with van der Waals surface area (Å²) in [5.41, 5.74) is 3.48. The first kappa shape index (κ1) is 21.6. The van der Waals surface area contributed by atoms with E-state index in [2.05, 4.69) is 51.3 Å². The lowest BCUT2D eigenvalue weighted by atomic mass is 9.97. The molecule has 4 aromatic rings. The maximum absolute atomic E-state index is 6.13. The molecule has 1 fully saturated rings. The van der Waals surface area contributed by atoms with E-state index >= 15 is 0 Å². The van der Waals surface area contributed by atoms with Gasteiger partial charge in [0.1, 0.15) is 12.4 Å². The lowest BCUT2D eigenvalue weighted by Crippen LogP contribution is -2.30. The number of hydrogen-bond acceptors (Lipinski definition) is 5. The monoisotopic (exact) mass is 439 g/mol. The summed E-state index contributed by atoms with van der Waals surface area (Å²) >= 11 is 0. The Hall–Kier alpha value is -3.28. The van der Waals surface area contributed by atoms with Crippen molar-refractivity contribution in [2.24, 2.45) is 5.92 Å². The molecule has 0 aliphatic carbocycles. The Bertz CT molecular complexity index is 1180. The maximum Gasteiger partial charge on any atom is 0.130 e. The molecule has 0 saturated carbocycles. The first-order valence-corrected chi connectivity index (χ1v) is 11.6. The average Bonchev–Trinajstić information content (AvgIpc) is 3.09. The van der Waals surface area contributed by atoms with Crippen LogP contribution in [-0.2, 0) is 24.3 Å². The minimum Gasteiger partial charge on any atom is -0.487 e. The number of hydrogen-bond donors (Lipinski definition) is 0. The highest BCUT2D eigenvalue weighted by atomic mass is 16.5. The van der Waals surface area contributed by atoms with Crippen LogP contribution in [0.2, 0.25) is 0 Å². The van der Waals surface area contributed by atoms with E-state index in [-0.39, 0.29) is 0 Å². The van der Waals surface area contributed by atoms with Crippen LogP contribution < -0.4 is 4.74 Å². The first-order chi connectivity index (χ1) is 16.3. The fourth-order valence-electron chi connectivity index (χ4n) is 4.46. The zero-order valence-corrected chi connectivity index (χ0v) is 18.8. The smallest absolute Gasteiger partial charge is 0.130 e. The second kappa shape index (κ2) is 10.6. The van der Waals surface area contributed by atoms with E-state index in [1.54, 1.807) is 6.20 Å². The molecule has 0 amide bonds. The molecule has 0 spiro atoms. The van der Waals surface area contributed by atoms with Crippen molar-refractivity contribution < 1.29 is 9.47 Å². The fraction of sp³-hybridized carbons (Fsp3) is 0.286. The van der Waals surface area contributed by atoms with Crippen molar-refractivity contribution in [2.75, 3.05) is 26.3 Å². The van der Waals surface area contributed by atoms with Crippen molar-refractivity contribution in [3.8, 4) is 5.75 Å². The normalized spacial score (nSPS) is 17.0. The number of para-hydroxylation sites is 1. The van der Waals surface area contributed by atoms with E-state index < -0.39 is 0 Å². The number of benzene rings is 2. The standard InChI is InChI=1S/C28H29N3O2/c1-2-7-28(33-21-27-6-3-4-11-30-27)26(5-1)19-31-13-14-32-20-23(18-31)15-22-8-9-25-17-29-12-10-24(25)16-22/h1-12,16-17,23H,13-15,18-21H2/t23-/m1/s1. The highest BCUT2D eigenvalue weighted by molar-refractivity contribution is 5.82. The summed E-state index contributed by atoms with van der Waals surface area (Å²) in [4.78, 5) is 11.1. The van der Waals surface area contributed by atoms with Crippen molar-refractivity contribution >= 4 is 10.8 Å². The minimum absolute atomic E-state index is 0.452. The molecule has 2 aromatic heterocycles. The van der Waals surface area contributed by atoms with Gasteiger partial charge in [-0.1, -0.05) is 42.5 Å². The van der Waals surface area contributed by atoms with E-state index in [0.29, 0.717) is 12.5 Å². The van der Waals surface area contributed by atoms with Crippen LogP contribution in [0.15, 0.2) is 85.3 Å². The lowest BCUT2D eigenvalue weighted by molar-refractivity contribution is 0.121. The predicted octanol–water partition coefficient (Wildman–Crippen LogP) is 4.90. The van der Waals surface area contributed by atoms with E-state index in [1.165, 1.54) is 21.9 Å². The summed E-state index contributed by atoms with van der Waals surface area (Å²) < 4.78 is 12.1. The third-order valence-electron chi connectivity index (χ3n) is 6.12. The van der Waals surface area contributed by atoms with Gasteiger partial charge in [0.15, 0.2) is 0 Å². The van der Waals surface area contributed by atoms with E-state index in [4.69, 9.17) is 9.47 Å². The van der Waals surface area contributed by atoms with Gasteiger partial charge in [0, 0.05) is 49.2 Å². The molecule has 0 radical (unpaired) electrons. The van der Waals surface area contributed by atoms with Gasteiger partial charge in [0.25, 0.3) is 0 Å². The van der Waals surface area contributed by atoms with Gasteiger partial charge in [-0.05, 0) is 47.6 Å². The summed E-state index contributed by atoms with van der Waals surface area (Å²) in [6, 6.07) is 23.0. The number of fused-ring (bicyclic) bond motifs is 1. The first-order valence-electron chi connectivity index (χ1n) is 11.6. The van der Waals surface area contributed by atoms with Gasteiger partial charge in [-0.25, -0.2) is 0 Å². The van der Waals surface area contributed by atoms with Crippen LogP contribution >= 0.6 is 0 Å². The quantitative estimate of drug-likeness (QED) is 0.410. The molecule has 168 valence electrons. The van der Waals surface area contributed by atoms with Crippen LogP contribution in [0.5, 0.6) is 5.75 Å². The van der Waals surface area contributed by atoms with Crippen molar-refractivity contribution in [3.05, 3.63) is 102 Å². The number of rotatable bonds is 7. The van der Waals surface area contributed by atoms with Gasteiger partial charge in [0.05, 0.1) is 18.9 Å². The molecule has 5 heteroatoms. The Labute approximate surface area is 195 Å². The molecule has 0 N–H and O–H groups in total. The van der Waals surface area contributed by atoms with E-state index in [9.17, 15) is 0 Å². The van der Waals surface area contributed by atoms with E-state index in [0.717, 1.165) is 50.7 Å². The molecule has 33 heavy (non-hydrogen) atoms. The fourth-order valence-corrected chi connectivity index (χ4v) is 4.46. The third kappa shape index (κ3) is 5.75. The van der Waals surface area contributed by atoms with Crippen LogP contribution in [0.3, 0.4) is 0 Å². The third-order valence-corrected chi connectivity index (χ3v) is 6.12. The Morgan fingerprint density at radius 3 is 2.85 bits per heavy atom. The predicted molar refractivity (Wildman–Crippen MR) is 130 cm³/mol. The molecule has 0 unspecified atom stereocenters. The zero-order valence-electron chi connectivity index (χ0n) is 18.8. The van der Waals surface area contributed by atoms with Gasteiger partial charge in [-0.15, -0.1) is 0 Å². The van der Waals surface area contributed by atoms with Crippen molar-refractivity contribution in [1.29, 1.82) is 0 Å². The zero-order chi connectivity index (χ0) is 22.3. The van der Waals surface area contributed by atoms with Crippen LogP contribution in [-0.4, -0.2) is 41.2 Å². The number of pyridine rings is 2. The van der Waals surface area contributed by atoms with Crippen molar-refractivity contribution in [2.45, 2.75) is 19.6 Å². The molecule has 3 heterocycles. The second-order valence-corrected chi connectivity index (χ2v) is 8.65. The number of ether oxygens (including phenoxy) is 2. The molecule has 5 rings (SSSR count). The summed E-state index contributed by atoms with van der Waals surface area (Å²) in [5.74, 6) is 1.38. The highest BCUT2D eigenvalue weighted by Crippen LogP contribution is 2.24. The van der Waals surface area contributed by atoms with Gasteiger partial charge in [-0.3, -0.25) is 14.9 Å². The summed E-state index contributed by atoms with van der Waals surface area (Å²) in [6.45, 7) is 4.81. The van der Waals surface area contributed by atoms with Gasteiger partial charge >= 0.3 is 0 Å². The van der Waals surface area contributed by atoms with Crippen LogP contribution in [0.4, 0.5) is 0 Å². The molecule has 1 atom stereocenters. The SMILES string of the molecule is c1ccc(COc2ccccc2CN2CCOC[C@H](Cc3ccc4cnccc4c3)C2)nc1. The molecule has 1 aliphatic rings. The van der Waals surface area contributed by atoms with Gasteiger partial charge < -0.3 is 9.47 Å². The van der Waals surface area contributed by atoms with Gasteiger partial charge in [0.2, 0.25) is 0 Å². The topological polar surface area (TPSA) is 47.5 Å². The minimum atomic E-state index is 0.452. The Morgan fingerprint density at radius 1 is 0.970 bits per heavy atom. The Morgan fingerprint density at radius 2 is 1.91 bits per heavy atom. The van der Waals surface area contributed by atoms with Crippen LogP contribution in [0.1, 0.15) is 16.8 Å². The lowest BCUT2D eigenvalue weighted by Gasteiger charge is -2.24. The van der Waals surface area contributed by atoms with E-state index in [1.807, 2.05) is 42.7 Å². The van der Waals surface area contributed by atoms with Crippen LogP contribution in [0.25, 0.3) is 10.8 Å². The molecule has 1 saturated heterocycles. The molecular weight excluding hydrogens is 410 g/mol. The summed E-state index contributed by atoms with van der Waals surface area (Å²) in [6.07, 6.45) is 6.58. The van der Waals surface area contributed by atoms with Crippen LogP contribution in [0, 0.1) is 5.92 Å². The van der Waals surface area contributed by atoms with Gasteiger partial charge in [-0.2, -0.15) is 0 Å². The number of aromatic nitrogens is 2. The molecule has 0 bridgehead atoms. The number of nitrogens with zero attached hydrogens (tertiary/aromatic N) is 3. The highest BCUT2D eigenvalue weighted by Gasteiger charge is 2.20. The Balaban J connectivity index is 1.25. The molecular formula is C28H29N3O2. The maximum atomic E-state index is 6.13. The summed E-state index contributed by atoms with van der Waals surface area (Å²) in [5, 5.41) is 2.43.